The maximum Gasteiger partial charge on any atom is 0.255 e. The van der Waals surface area contributed by atoms with Gasteiger partial charge in [0.2, 0.25) is 0 Å². The van der Waals surface area contributed by atoms with Gasteiger partial charge in [0.15, 0.2) is 5.17 Å². The van der Waals surface area contributed by atoms with E-state index >= 15 is 0 Å². The average Bonchev–Trinajstić information content (AvgIpc) is 2.62. The summed E-state index contributed by atoms with van der Waals surface area (Å²) in [6.07, 6.45) is 6.10. The van der Waals surface area contributed by atoms with Gasteiger partial charge in [-0.25, -0.2) is 0 Å². The molecule has 0 fully saturated rings. The zero-order chi connectivity index (χ0) is 17.9. The first-order chi connectivity index (χ1) is 12.0. The number of aliphatic imine (C=N–C) groups is 1. The van der Waals surface area contributed by atoms with E-state index in [0.717, 1.165) is 17.7 Å². The topological polar surface area (TPSA) is 88.7 Å². The van der Waals surface area contributed by atoms with Gasteiger partial charge < -0.3 is 21.1 Å². The number of allylic oxidation sites excluding steroid dienone is 1. The van der Waals surface area contributed by atoms with Crippen molar-refractivity contribution in [2.45, 2.75) is 25.1 Å². The molecule has 4 N–H and O–H groups in total. The Labute approximate surface area is 151 Å². The number of carbonyl (C=O) groups excluding carboxylic acids is 1. The number of amidine groups is 1. The minimum Gasteiger partial charge on any atom is -0.379 e. The molecule has 6 nitrogen and oxygen atoms in total. The van der Waals surface area contributed by atoms with Crippen LogP contribution in [-0.4, -0.2) is 30.2 Å². The highest BCUT2D eigenvalue weighted by Gasteiger charge is 2.29. The van der Waals surface area contributed by atoms with Gasteiger partial charge in [0, 0.05) is 24.6 Å². The number of hydrogen-bond donors (Lipinski definition) is 3. The van der Waals surface area contributed by atoms with Gasteiger partial charge >= 0.3 is 0 Å². The Hall–Kier alpha value is -2.25. The average molecular weight is 358 g/mol. The van der Waals surface area contributed by atoms with Crippen molar-refractivity contribution in [2.24, 2.45) is 10.7 Å². The van der Waals surface area contributed by atoms with Crippen LogP contribution < -0.4 is 16.4 Å². The maximum absolute atomic E-state index is 12.6. The number of methoxy groups -OCH3 is 1. The molecule has 0 bridgehead atoms. The number of thioether (sulfide) groups is 1. The predicted octanol–water partition coefficient (Wildman–Crippen LogP) is 2.06. The third-order valence-corrected chi connectivity index (χ3v) is 5.10. The van der Waals surface area contributed by atoms with E-state index in [1.54, 1.807) is 31.1 Å². The molecule has 2 aliphatic rings. The normalized spacial score (nSPS) is 25.6. The minimum absolute atomic E-state index is 0.166. The Morgan fingerprint density at radius 2 is 2.36 bits per heavy atom. The number of amides is 1. The number of ether oxygens (including phenoxy) is 1. The summed E-state index contributed by atoms with van der Waals surface area (Å²) < 4.78 is 5.15. The summed E-state index contributed by atoms with van der Waals surface area (Å²) in [6, 6.07) is 7.56. The van der Waals surface area contributed by atoms with E-state index in [1.165, 1.54) is 0 Å². The highest BCUT2D eigenvalue weighted by Crippen LogP contribution is 2.35. The summed E-state index contributed by atoms with van der Waals surface area (Å²) in [5.41, 5.74) is 7.78. The van der Waals surface area contributed by atoms with E-state index in [4.69, 9.17) is 10.5 Å². The second-order valence-corrected chi connectivity index (χ2v) is 7.25. The van der Waals surface area contributed by atoms with E-state index in [-0.39, 0.29) is 17.7 Å². The van der Waals surface area contributed by atoms with Crippen LogP contribution in [-0.2, 0) is 10.3 Å². The fourth-order valence-corrected chi connectivity index (χ4v) is 3.76. The Morgan fingerprint density at radius 3 is 3.04 bits per heavy atom. The Balaban J connectivity index is 1.76. The number of benzene rings is 1. The summed E-state index contributed by atoms with van der Waals surface area (Å²) in [4.78, 5) is 17.2. The smallest absolute Gasteiger partial charge is 0.255 e. The number of hydrogen-bond acceptors (Lipinski definition) is 6. The van der Waals surface area contributed by atoms with Gasteiger partial charge in [0.1, 0.15) is 6.23 Å². The van der Waals surface area contributed by atoms with Crippen molar-refractivity contribution in [3.05, 3.63) is 59.4 Å². The molecule has 0 aromatic heterocycles. The first-order valence-corrected chi connectivity index (χ1v) is 9.06. The molecule has 1 amide bonds. The van der Waals surface area contributed by atoms with Crippen LogP contribution in [0.5, 0.6) is 0 Å². The fraction of sp³-hybridized carbons (Fsp3) is 0.333. The third-order valence-electron chi connectivity index (χ3n) is 4.31. The van der Waals surface area contributed by atoms with Crippen molar-refractivity contribution in [1.82, 2.24) is 10.6 Å². The molecule has 1 aromatic rings. The maximum atomic E-state index is 12.6. The van der Waals surface area contributed by atoms with Crippen LogP contribution in [0, 0.1) is 0 Å². The zero-order valence-corrected chi connectivity index (χ0v) is 15.1. The van der Waals surface area contributed by atoms with Crippen LogP contribution >= 0.6 is 11.8 Å². The first kappa shape index (κ1) is 17.6. The van der Waals surface area contributed by atoms with Crippen molar-refractivity contribution in [3.8, 4) is 0 Å². The molecular formula is C18H22N4O2S. The van der Waals surface area contributed by atoms with E-state index < -0.39 is 0 Å². The van der Waals surface area contributed by atoms with Crippen molar-refractivity contribution >= 4 is 22.8 Å². The Morgan fingerprint density at radius 1 is 1.52 bits per heavy atom. The van der Waals surface area contributed by atoms with E-state index in [1.807, 2.05) is 30.4 Å². The number of dihydropyridines is 1. The van der Waals surface area contributed by atoms with Crippen molar-refractivity contribution in [2.75, 3.05) is 12.9 Å². The standard InChI is InChI=1S/C18H22N4O2S/c1-18(8-9-25-17(19)22-18)13-5-3-4-12(10-13)16(23)21-14-6-7-15(24-2)20-11-14/h3-7,10-11,15,20H,8-9H2,1-2H3,(H2,19,22)(H,21,23). The molecule has 25 heavy (non-hydrogen) atoms. The predicted molar refractivity (Wildman–Crippen MR) is 101 cm³/mol. The molecule has 1 aromatic carbocycles. The number of rotatable bonds is 4. The zero-order valence-electron chi connectivity index (χ0n) is 14.3. The largest absolute Gasteiger partial charge is 0.379 e. The van der Waals surface area contributed by atoms with E-state index in [9.17, 15) is 4.79 Å². The molecule has 2 atom stereocenters. The van der Waals surface area contributed by atoms with Crippen molar-refractivity contribution in [3.63, 3.8) is 0 Å². The number of nitrogens with two attached hydrogens (primary N) is 1. The van der Waals surface area contributed by atoms with Gasteiger partial charge in [-0.1, -0.05) is 23.9 Å². The number of nitrogens with zero attached hydrogens (tertiary/aromatic N) is 1. The van der Waals surface area contributed by atoms with Crippen LogP contribution in [0.4, 0.5) is 0 Å². The lowest BCUT2D eigenvalue weighted by Crippen LogP contribution is -2.32. The van der Waals surface area contributed by atoms with Crippen LogP contribution in [0.3, 0.4) is 0 Å². The van der Waals surface area contributed by atoms with Gasteiger partial charge in [0.25, 0.3) is 5.91 Å². The van der Waals surface area contributed by atoms with E-state index in [2.05, 4.69) is 22.5 Å². The second-order valence-electron chi connectivity index (χ2n) is 6.14. The van der Waals surface area contributed by atoms with Gasteiger partial charge in [-0.3, -0.25) is 9.79 Å². The third kappa shape index (κ3) is 4.05. The molecule has 2 heterocycles. The Bertz CT molecular complexity index is 759. The van der Waals surface area contributed by atoms with Gasteiger partial charge in [-0.05, 0) is 43.2 Å². The Kier molecular flexibility index (Phi) is 5.15. The minimum atomic E-state index is -0.386. The van der Waals surface area contributed by atoms with Crippen molar-refractivity contribution in [1.29, 1.82) is 0 Å². The highest BCUT2D eigenvalue weighted by atomic mass is 32.2. The number of nitrogens with one attached hydrogen (secondary N) is 2. The summed E-state index contributed by atoms with van der Waals surface area (Å²) in [7, 11) is 1.62. The molecule has 0 spiro atoms. The molecule has 0 saturated heterocycles. The molecule has 7 heteroatoms. The lowest BCUT2D eigenvalue weighted by molar-refractivity contribution is 0.0963. The molecule has 2 aliphatic heterocycles. The molecule has 3 rings (SSSR count). The fourth-order valence-electron chi connectivity index (χ4n) is 2.78. The number of carbonyl (C=O) groups is 1. The van der Waals surface area contributed by atoms with Crippen LogP contribution in [0.2, 0.25) is 0 Å². The van der Waals surface area contributed by atoms with Crippen LogP contribution in [0.25, 0.3) is 0 Å². The molecule has 0 radical (unpaired) electrons. The quantitative estimate of drug-likeness (QED) is 0.767. The lowest BCUT2D eigenvalue weighted by atomic mass is 9.88. The van der Waals surface area contributed by atoms with Crippen molar-refractivity contribution < 1.29 is 9.53 Å². The van der Waals surface area contributed by atoms with Crippen LogP contribution in [0.1, 0.15) is 29.3 Å². The molecule has 2 unspecified atom stereocenters. The lowest BCUT2D eigenvalue weighted by Gasteiger charge is -2.30. The first-order valence-electron chi connectivity index (χ1n) is 8.07. The molecular weight excluding hydrogens is 336 g/mol. The van der Waals surface area contributed by atoms with Gasteiger partial charge in [-0.2, -0.15) is 0 Å². The summed E-state index contributed by atoms with van der Waals surface area (Å²) in [6.45, 7) is 2.05. The van der Waals surface area contributed by atoms with Gasteiger partial charge in [0.05, 0.1) is 11.2 Å². The molecule has 0 saturated carbocycles. The molecule has 0 aliphatic carbocycles. The molecule has 132 valence electrons. The van der Waals surface area contributed by atoms with Crippen LogP contribution in [0.15, 0.2) is 53.3 Å². The monoisotopic (exact) mass is 358 g/mol. The summed E-state index contributed by atoms with van der Waals surface area (Å²) in [5, 5.41) is 6.51. The summed E-state index contributed by atoms with van der Waals surface area (Å²) in [5.74, 6) is 0.757. The van der Waals surface area contributed by atoms with E-state index in [0.29, 0.717) is 16.4 Å². The summed E-state index contributed by atoms with van der Waals surface area (Å²) >= 11 is 1.57. The second kappa shape index (κ2) is 7.33. The SMILES string of the molecule is COC1C=CC(NC(=O)c2cccc(C3(C)CCSC(N)=N3)c2)=CN1. The highest BCUT2D eigenvalue weighted by molar-refractivity contribution is 8.13. The van der Waals surface area contributed by atoms with Gasteiger partial charge in [-0.15, -0.1) is 0 Å².